The summed E-state index contributed by atoms with van der Waals surface area (Å²) >= 11 is 0. The van der Waals surface area contributed by atoms with Crippen molar-refractivity contribution in [1.82, 2.24) is 0 Å². The first-order chi connectivity index (χ1) is 8.81. The number of hydrogen-bond acceptors (Lipinski definition) is 3. The molecule has 1 N–H and O–H groups in total. The maximum absolute atomic E-state index is 9.40. The number of fused-ring (bicyclic) bond motifs is 1. The summed E-state index contributed by atoms with van der Waals surface area (Å²) in [6.45, 7) is 2.38. The summed E-state index contributed by atoms with van der Waals surface area (Å²) in [6, 6.07) is 9.90. The third kappa shape index (κ3) is 2.33. The molecular weight excluding hydrogens is 228 g/mol. The van der Waals surface area contributed by atoms with Crippen LogP contribution in [0.25, 0.3) is 10.8 Å². The van der Waals surface area contributed by atoms with E-state index in [1.807, 2.05) is 24.3 Å². The lowest BCUT2D eigenvalue weighted by Gasteiger charge is -2.14. The Morgan fingerprint density at radius 1 is 1.11 bits per heavy atom. The van der Waals surface area contributed by atoms with Crippen LogP contribution in [0.15, 0.2) is 30.3 Å². The van der Waals surface area contributed by atoms with Gasteiger partial charge in [-0.15, -0.1) is 0 Å². The van der Waals surface area contributed by atoms with Crippen molar-refractivity contribution in [3.63, 3.8) is 0 Å². The van der Waals surface area contributed by atoms with Gasteiger partial charge in [-0.2, -0.15) is 0 Å². The Morgan fingerprint density at radius 2 is 1.94 bits per heavy atom. The molecule has 2 aromatic rings. The van der Waals surface area contributed by atoms with Crippen molar-refractivity contribution in [2.45, 2.75) is 20.0 Å². The van der Waals surface area contributed by atoms with Crippen molar-refractivity contribution in [1.29, 1.82) is 0 Å². The van der Waals surface area contributed by atoms with Crippen molar-refractivity contribution < 1.29 is 14.6 Å². The lowest BCUT2D eigenvalue weighted by atomic mass is 9.98. The molecule has 0 aliphatic heterocycles. The maximum Gasteiger partial charge on any atom is 0.188 e. The van der Waals surface area contributed by atoms with E-state index in [0.717, 1.165) is 28.5 Å². The van der Waals surface area contributed by atoms with Crippen molar-refractivity contribution in [3.8, 4) is 5.75 Å². The number of methoxy groups -OCH3 is 1. The number of hydrogen-bond donors (Lipinski definition) is 1. The number of aliphatic hydroxyl groups is 1. The van der Waals surface area contributed by atoms with Crippen molar-refractivity contribution in [2.24, 2.45) is 0 Å². The highest BCUT2D eigenvalue weighted by molar-refractivity contribution is 5.93. The predicted octanol–water partition coefficient (Wildman–Crippen LogP) is 2.88. The standard InChI is InChI=1S/C15H18O3/c1-3-11-5-4-6-13-12(9-16)7-8-14(15(11)13)18-10-17-2/h4-8,16H,3,9-10H2,1-2H3. The van der Waals surface area contributed by atoms with E-state index in [4.69, 9.17) is 9.47 Å². The zero-order chi connectivity index (χ0) is 13.0. The molecule has 0 amide bonds. The van der Waals surface area contributed by atoms with Gasteiger partial charge in [0.05, 0.1) is 6.61 Å². The van der Waals surface area contributed by atoms with Crippen LogP contribution in [0.3, 0.4) is 0 Å². The highest BCUT2D eigenvalue weighted by Gasteiger charge is 2.09. The number of aliphatic hydroxyl groups excluding tert-OH is 1. The quantitative estimate of drug-likeness (QED) is 0.824. The van der Waals surface area contributed by atoms with Crippen LogP contribution in [0, 0.1) is 0 Å². The lowest BCUT2D eigenvalue weighted by Crippen LogP contribution is -2.01. The van der Waals surface area contributed by atoms with E-state index in [2.05, 4.69) is 13.0 Å². The van der Waals surface area contributed by atoms with Gasteiger partial charge in [-0.3, -0.25) is 0 Å². The first-order valence-corrected chi connectivity index (χ1v) is 6.07. The van der Waals surface area contributed by atoms with Crippen molar-refractivity contribution in [2.75, 3.05) is 13.9 Å². The largest absolute Gasteiger partial charge is 0.467 e. The Bertz CT molecular complexity index is 534. The van der Waals surface area contributed by atoms with Gasteiger partial charge in [-0.25, -0.2) is 0 Å². The number of benzene rings is 2. The molecular formula is C15H18O3. The van der Waals surface area contributed by atoms with Gasteiger partial charge >= 0.3 is 0 Å². The Morgan fingerprint density at radius 3 is 2.61 bits per heavy atom. The minimum Gasteiger partial charge on any atom is -0.467 e. The third-order valence-electron chi connectivity index (χ3n) is 3.06. The molecule has 0 atom stereocenters. The second kappa shape index (κ2) is 5.85. The first kappa shape index (κ1) is 12.9. The summed E-state index contributed by atoms with van der Waals surface area (Å²) < 4.78 is 10.6. The summed E-state index contributed by atoms with van der Waals surface area (Å²) in [5.41, 5.74) is 2.14. The van der Waals surface area contributed by atoms with Gasteiger partial charge in [0.2, 0.25) is 0 Å². The molecule has 3 nitrogen and oxygen atoms in total. The first-order valence-electron chi connectivity index (χ1n) is 6.07. The average Bonchev–Trinajstić information content (AvgIpc) is 2.43. The highest BCUT2D eigenvalue weighted by atomic mass is 16.7. The molecule has 0 saturated carbocycles. The molecule has 96 valence electrons. The fraction of sp³-hybridized carbons (Fsp3) is 0.333. The zero-order valence-electron chi connectivity index (χ0n) is 10.8. The fourth-order valence-electron chi connectivity index (χ4n) is 2.18. The van der Waals surface area contributed by atoms with E-state index in [-0.39, 0.29) is 13.4 Å². The van der Waals surface area contributed by atoms with E-state index < -0.39 is 0 Å². The summed E-state index contributed by atoms with van der Waals surface area (Å²) in [7, 11) is 1.60. The molecule has 0 fully saturated rings. The van der Waals surface area contributed by atoms with Gasteiger partial charge < -0.3 is 14.6 Å². The lowest BCUT2D eigenvalue weighted by molar-refractivity contribution is 0.0522. The molecule has 0 aliphatic carbocycles. The summed E-state index contributed by atoms with van der Waals surface area (Å²) in [6.07, 6.45) is 0.926. The second-order valence-corrected chi connectivity index (χ2v) is 4.13. The summed E-state index contributed by atoms with van der Waals surface area (Å²) in [5, 5.41) is 11.5. The van der Waals surface area contributed by atoms with Gasteiger partial charge in [0.1, 0.15) is 5.75 Å². The molecule has 0 aromatic heterocycles. The van der Waals surface area contributed by atoms with Crippen LogP contribution in [-0.4, -0.2) is 19.0 Å². The maximum atomic E-state index is 9.40. The molecule has 2 rings (SSSR count). The molecule has 18 heavy (non-hydrogen) atoms. The smallest absolute Gasteiger partial charge is 0.188 e. The minimum atomic E-state index is 0.0359. The van der Waals surface area contributed by atoms with E-state index >= 15 is 0 Å². The molecule has 0 heterocycles. The van der Waals surface area contributed by atoms with Gasteiger partial charge in [-0.05, 0) is 29.0 Å². The monoisotopic (exact) mass is 246 g/mol. The van der Waals surface area contributed by atoms with Gasteiger partial charge in [0.25, 0.3) is 0 Å². The van der Waals surface area contributed by atoms with Gasteiger partial charge in [0.15, 0.2) is 6.79 Å². The Balaban J connectivity index is 2.64. The Hall–Kier alpha value is -1.58. The molecule has 0 radical (unpaired) electrons. The van der Waals surface area contributed by atoms with Crippen LogP contribution >= 0.6 is 0 Å². The second-order valence-electron chi connectivity index (χ2n) is 4.13. The molecule has 0 aliphatic rings. The number of ether oxygens (including phenoxy) is 2. The van der Waals surface area contributed by atoms with Crippen LogP contribution in [0.5, 0.6) is 5.75 Å². The zero-order valence-corrected chi connectivity index (χ0v) is 10.8. The van der Waals surface area contributed by atoms with Crippen molar-refractivity contribution in [3.05, 3.63) is 41.5 Å². The Kier molecular flexibility index (Phi) is 4.18. The van der Waals surface area contributed by atoms with Crippen LogP contribution in [-0.2, 0) is 17.8 Å². The molecule has 0 spiro atoms. The number of aryl methyl sites for hydroxylation is 1. The SMILES string of the molecule is CCc1cccc2c(CO)ccc(OCOC)c12. The van der Waals surface area contributed by atoms with Crippen LogP contribution in [0.4, 0.5) is 0 Å². The minimum absolute atomic E-state index is 0.0359. The van der Waals surface area contributed by atoms with Gasteiger partial charge in [-0.1, -0.05) is 31.2 Å². The number of rotatable bonds is 5. The fourth-order valence-corrected chi connectivity index (χ4v) is 2.18. The van der Waals surface area contributed by atoms with E-state index in [0.29, 0.717) is 0 Å². The normalized spacial score (nSPS) is 10.8. The molecule has 0 saturated heterocycles. The highest BCUT2D eigenvalue weighted by Crippen LogP contribution is 2.32. The molecule has 2 aromatic carbocycles. The van der Waals surface area contributed by atoms with Crippen LogP contribution in [0.2, 0.25) is 0 Å². The van der Waals surface area contributed by atoms with E-state index in [9.17, 15) is 5.11 Å². The summed E-state index contributed by atoms with van der Waals surface area (Å²) in [5.74, 6) is 0.807. The molecule has 0 unspecified atom stereocenters. The third-order valence-corrected chi connectivity index (χ3v) is 3.06. The van der Waals surface area contributed by atoms with Crippen LogP contribution in [0.1, 0.15) is 18.1 Å². The Labute approximate surface area is 107 Å². The van der Waals surface area contributed by atoms with Gasteiger partial charge in [0, 0.05) is 12.5 Å². The molecule has 3 heteroatoms. The average molecular weight is 246 g/mol. The molecule has 0 bridgehead atoms. The van der Waals surface area contributed by atoms with E-state index in [1.54, 1.807) is 7.11 Å². The summed E-state index contributed by atoms with van der Waals surface area (Å²) in [4.78, 5) is 0. The predicted molar refractivity (Wildman–Crippen MR) is 71.8 cm³/mol. The van der Waals surface area contributed by atoms with Crippen molar-refractivity contribution >= 4 is 10.8 Å². The topological polar surface area (TPSA) is 38.7 Å². The van der Waals surface area contributed by atoms with Crippen LogP contribution < -0.4 is 4.74 Å². The van der Waals surface area contributed by atoms with E-state index in [1.165, 1.54) is 5.56 Å².